The van der Waals surface area contributed by atoms with Crippen molar-refractivity contribution < 1.29 is 5.11 Å². The topological polar surface area (TPSA) is 20.2 Å². The number of hydrogen-bond acceptors (Lipinski definition) is 1. The first-order valence-corrected chi connectivity index (χ1v) is 5.76. The first-order chi connectivity index (χ1) is 8.29. The molecule has 1 nitrogen and oxygen atoms in total. The van der Waals surface area contributed by atoms with E-state index in [0.717, 1.165) is 5.56 Å². The van der Waals surface area contributed by atoms with Gasteiger partial charge in [-0.2, -0.15) is 0 Å². The molecule has 0 aliphatic heterocycles. The average molecular weight is 224 g/mol. The van der Waals surface area contributed by atoms with E-state index in [1.54, 1.807) is 6.08 Å². The standard InChI is InChI=1S/C16H16O/c17-16(12-6-2-7-13-16)14-8-5-11-15-9-3-1-4-10-15/h1-12,14,17H,13H2. The molecule has 0 saturated heterocycles. The minimum absolute atomic E-state index is 0.638. The molecule has 0 fully saturated rings. The molecule has 17 heavy (non-hydrogen) atoms. The Hall–Kier alpha value is -1.86. The van der Waals surface area contributed by atoms with E-state index in [-0.39, 0.29) is 0 Å². The fourth-order valence-electron chi connectivity index (χ4n) is 1.70. The van der Waals surface area contributed by atoms with E-state index in [0.29, 0.717) is 6.42 Å². The third kappa shape index (κ3) is 3.58. The highest BCUT2D eigenvalue weighted by atomic mass is 16.3. The molecule has 1 aromatic rings. The quantitative estimate of drug-likeness (QED) is 0.779. The van der Waals surface area contributed by atoms with Crippen molar-refractivity contribution in [2.45, 2.75) is 12.0 Å². The normalized spacial score (nSPS) is 23.8. The van der Waals surface area contributed by atoms with E-state index in [1.165, 1.54) is 0 Å². The van der Waals surface area contributed by atoms with Crippen molar-refractivity contribution in [1.82, 2.24) is 0 Å². The van der Waals surface area contributed by atoms with E-state index in [4.69, 9.17) is 0 Å². The molecule has 1 aliphatic rings. The van der Waals surface area contributed by atoms with Gasteiger partial charge in [-0.15, -0.1) is 0 Å². The number of hydrogen-bond donors (Lipinski definition) is 1. The summed E-state index contributed by atoms with van der Waals surface area (Å²) < 4.78 is 0. The molecule has 0 radical (unpaired) electrons. The molecule has 1 aliphatic carbocycles. The van der Waals surface area contributed by atoms with Crippen LogP contribution in [0, 0.1) is 0 Å². The molecule has 0 bridgehead atoms. The Morgan fingerprint density at radius 1 is 1.06 bits per heavy atom. The van der Waals surface area contributed by atoms with Crippen molar-refractivity contribution in [1.29, 1.82) is 0 Å². The molecule has 0 saturated carbocycles. The maximum absolute atomic E-state index is 10.1. The second-order valence-electron chi connectivity index (χ2n) is 4.11. The predicted molar refractivity (Wildman–Crippen MR) is 72.5 cm³/mol. The van der Waals surface area contributed by atoms with Crippen LogP contribution in [0.2, 0.25) is 0 Å². The Labute approximate surface area is 102 Å². The highest BCUT2D eigenvalue weighted by Gasteiger charge is 2.18. The van der Waals surface area contributed by atoms with Crippen molar-refractivity contribution in [3.8, 4) is 0 Å². The molecule has 0 amide bonds. The van der Waals surface area contributed by atoms with Crippen molar-refractivity contribution in [2.75, 3.05) is 0 Å². The molecular formula is C16H16O. The van der Waals surface area contributed by atoms with Gasteiger partial charge in [0.2, 0.25) is 0 Å². The molecule has 1 N–H and O–H groups in total. The summed E-state index contributed by atoms with van der Waals surface area (Å²) in [5.74, 6) is 0. The number of benzene rings is 1. The number of allylic oxidation sites excluding steroid dienone is 4. The van der Waals surface area contributed by atoms with Crippen LogP contribution in [0.15, 0.2) is 72.9 Å². The maximum atomic E-state index is 10.1. The molecule has 1 aromatic carbocycles. The Kier molecular flexibility index (Phi) is 3.73. The zero-order valence-corrected chi connectivity index (χ0v) is 9.66. The average Bonchev–Trinajstić information content (AvgIpc) is 2.37. The van der Waals surface area contributed by atoms with Gasteiger partial charge in [-0.25, -0.2) is 0 Å². The summed E-state index contributed by atoms with van der Waals surface area (Å²) in [6.07, 6.45) is 15.9. The van der Waals surface area contributed by atoms with E-state index in [2.05, 4.69) is 0 Å². The summed E-state index contributed by atoms with van der Waals surface area (Å²) >= 11 is 0. The summed E-state index contributed by atoms with van der Waals surface area (Å²) in [4.78, 5) is 0. The van der Waals surface area contributed by atoms with Gasteiger partial charge in [0.15, 0.2) is 0 Å². The monoisotopic (exact) mass is 224 g/mol. The summed E-state index contributed by atoms with van der Waals surface area (Å²) in [5, 5.41) is 10.1. The Bertz CT molecular complexity index is 466. The SMILES string of the molecule is OC1(C=CC=Cc2ccccc2)C=CC=CC1. The van der Waals surface area contributed by atoms with Gasteiger partial charge in [0.25, 0.3) is 0 Å². The van der Waals surface area contributed by atoms with Gasteiger partial charge < -0.3 is 5.11 Å². The van der Waals surface area contributed by atoms with Gasteiger partial charge in [-0.3, -0.25) is 0 Å². The largest absolute Gasteiger partial charge is 0.381 e. The molecule has 1 atom stereocenters. The Balaban J connectivity index is 1.96. The summed E-state index contributed by atoms with van der Waals surface area (Å²) in [5.41, 5.74) is 0.332. The van der Waals surface area contributed by atoms with Gasteiger partial charge in [0, 0.05) is 6.42 Å². The predicted octanol–water partition coefficient (Wildman–Crippen LogP) is 3.50. The van der Waals surface area contributed by atoms with Gasteiger partial charge in [-0.1, -0.05) is 66.8 Å². The van der Waals surface area contributed by atoms with Crippen molar-refractivity contribution in [2.24, 2.45) is 0 Å². The van der Waals surface area contributed by atoms with E-state index in [1.807, 2.05) is 72.9 Å². The summed E-state index contributed by atoms with van der Waals surface area (Å²) in [6.45, 7) is 0. The van der Waals surface area contributed by atoms with Gasteiger partial charge in [-0.05, 0) is 17.7 Å². The lowest BCUT2D eigenvalue weighted by atomic mass is 9.95. The zero-order chi connectivity index (χ0) is 12.0. The lowest BCUT2D eigenvalue weighted by molar-refractivity contribution is 0.145. The first-order valence-electron chi connectivity index (χ1n) is 5.76. The lowest BCUT2D eigenvalue weighted by Gasteiger charge is -2.20. The van der Waals surface area contributed by atoms with Crippen LogP contribution >= 0.6 is 0 Å². The second kappa shape index (κ2) is 5.46. The molecule has 0 spiro atoms. The van der Waals surface area contributed by atoms with Gasteiger partial charge in [0.1, 0.15) is 5.60 Å². The van der Waals surface area contributed by atoms with Gasteiger partial charge in [0.05, 0.1) is 0 Å². The molecule has 1 heteroatoms. The first kappa shape index (κ1) is 11.6. The summed E-state index contributed by atoms with van der Waals surface area (Å²) in [6, 6.07) is 10.1. The molecule has 0 aromatic heterocycles. The second-order valence-corrected chi connectivity index (χ2v) is 4.11. The number of rotatable bonds is 3. The minimum Gasteiger partial charge on any atom is -0.381 e. The zero-order valence-electron chi connectivity index (χ0n) is 9.66. The lowest BCUT2D eigenvalue weighted by Crippen LogP contribution is -2.22. The van der Waals surface area contributed by atoms with E-state index in [9.17, 15) is 5.11 Å². The molecular weight excluding hydrogens is 208 g/mol. The Morgan fingerprint density at radius 3 is 2.59 bits per heavy atom. The van der Waals surface area contributed by atoms with Crippen LogP contribution < -0.4 is 0 Å². The highest BCUT2D eigenvalue weighted by Crippen LogP contribution is 2.18. The van der Waals surface area contributed by atoms with E-state index < -0.39 is 5.60 Å². The van der Waals surface area contributed by atoms with Crippen molar-refractivity contribution in [3.63, 3.8) is 0 Å². The number of aliphatic hydroxyl groups is 1. The third-order valence-corrected chi connectivity index (χ3v) is 2.66. The molecule has 86 valence electrons. The minimum atomic E-state index is -0.824. The van der Waals surface area contributed by atoms with Crippen LogP contribution in [-0.2, 0) is 0 Å². The molecule has 2 rings (SSSR count). The fraction of sp³-hybridized carbons (Fsp3) is 0.125. The highest BCUT2D eigenvalue weighted by molar-refractivity contribution is 5.50. The van der Waals surface area contributed by atoms with Crippen molar-refractivity contribution >= 4 is 6.08 Å². The molecule has 0 heterocycles. The smallest absolute Gasteiger partial charge is 0.105 e. The van der Waals surface area contributed by atoms with Crippen LogP contribution in [0.3, 0.4) is 0 Å². The van der Waals surface area contributed by atoms with Crippen LogP contribution in [0.5, 0.6) is 0 Å². The maximum Gasteiger partial charge on any atom is 0.105 e. The van der Waals surface area contributed by atoms with Crippen LogP contribution in [0.25, 0.3) is 6.08 Å². The van der Waals surface area contributed by atoms with Crippen LogP contribution in [-0.4, -0.2) is 10.7 Å². The fourth-order valence-corrected chi connectivity index (χ4v) is 1.70. The third-order valence-electron chi connectivity index (χ3n) is 2.66. The van der Waals surface area contributed by atoms with Crippen LogP contribution in [0.4, 0.5) is 0 Å². The van der Waals surface area contributed by atoms with Crippen LogP contribution in [0.1, 0.15) is 12.0 Å². The molecule has 1 unspecified atom stereocenters. The summed E-state index contributed by atoms with van der Waals surface area (Å²) in [7, 11) is 0. The van der Waals surface area contributed by atoms with E-state index >= 15 is 0 Å². The van der Waals surface area contributed by atoms with Crippen molar-refractivity contribution in [3.05, 3.63) is 78.4 Å². The van der Waals surface area contributed by atoms with Gasteiger partial charge >= 0.3 is 0 Å². The Morgan fingerprint density at radius 2 is 1.88 bits per heavy atom.